The smallest absolute Gasteiger partial charge is 0.238 e. The van der Waals surface area contributed by atoms with Gasteiger partial charge in [0.1, 0.15) is 11.9 Å². The molecule has 0 aromatic heterocycles. The molecule has 4 N–H and O–H groups in total. The summed E-state index contributed by atoms with van der Waals surface area (Å²) in [5.41, 5.74) is 5.91. The molecule has 0 saturated heterocycles. The standard InChI is InChI=1S/C14H20N2O3.ClH/c15-9-14(18)16-10-5-7-11(8-6-10)19-13-4-2-1-3-12(13)17;/h5-8,12-13,17H,1-4,9,15H2,(H,16,18);1H. The van der Waals surface area contributed by atoms with Gasteiger partial charge in [-0.2, -0.15) is 0 Å². The van der Waals surface area contributed by atoms with Crippen LogP contribution in [-0.2, 0) is 4.79 Å². The summed E-state index contributed by atoms with van der Waals surface area (Å²) in [5, 5.41) is 12.5. The molecule has 0 heterocycles. The van der Waals surface area contributed by atoms with Gasteiger partial charge in [-0.3, -0.25) is 4.79 Å². The van der Waals surface area contributed by atoms with Gasteiger partial charge in [0.2, 0.25) is 5.91 Å². The van der Waals surface area contributed by atoms with E-state index in [0.717, 1.165) is 25.7 Å². The fourth-order valence-electron chi connectivity index (χ4n) is 2.22. The van der Waals surface area contributed by atoms with E-state index in [2.05, 4.69) is 5.32 Å². The highest BCUT2D eigenvalue weighted by Crippen LogP contribution is 2.24. The van der Waals surface area contributed by atoms with E-state index in [9.17, 15) is 9.90 Å². The molecule has 0 spiro atoms. The Labute approximate surface area is 124 Å². The molecule has 0 radical (unpaired) electrons. The summed E-state index contributed by atoms with van der Waals surface area (Å²) >= 11 is 0. The first-order valence-electron chi connectivity index (χ1n) is 6.64. The Morgan fingerprint density at radius 2 is 1.95 bits per heavy atom. The molecule has 0 aliphatic heterocycles. The van der Waals surface area contributed by atoms with Gasteiger partial charge in [0.05, 0.1) is 12.6 Å². The van der Waals surface area contributed by atoms with Crippen molar-refractivity contribution in [2.24, 2.45) is 5.73 Å². The van der Waals surface area contributed by atoms with E-state index in [1.807, 2.05) is 0 Å². The number of benzene rings is 1. The summed E-state index contributed by atoms with van der Waals surface area (Å²) in [4.78, 5) is 11.1. The number of aliphatic hydroxyl groups is 1. The zero-order chi connectivity index (χ0) is 13.7. The van der Waals surface area contributed by atoms with Crippen molar-refractivity contribution >= 4 is 24.0 Å². The molecular formula is C14H21ClN2O3. The number of rotatable bonds is 4. The van der Waals surface area contributed by atoms with Gasteiger partial charge in [-0.1, -0.05) is 6.42 Å². The van der Waals surface area contributed by atoms with Crippen molar-refractivity contribution in [3.8, 4) is 5.75 Å². The lowest BCUT2D eigenvalue weighted by atomic mass is 9.95. The lowest BCUT2D eigenvalue weighted by Gasteiger charge is -2.28. The minimum Gasteiger partial charge on any atom is -0.488 e. The van der Waals surface area contributed by atoms with Crippen LogP contribution in [0.5, 0.6) is 5.75 Å². The molecule has 2 unspecified atom stereocenters. The van der Waals surface area contributed by atoms with E-state index in [-0.39, 0.29) is 37.1 Å². The van der Waals surface area contributed by atoms with Crippen molar-refractivity contribution in [2.75, 3.05) is 11.9 Å². The molecule has 6 heteroatoms. The van der Waals surface area contributed by atoms with Crippen LogP contribution in [0.15, 0.2) is 24.3 Å². The maximum Gasteiger partial charge on any atom is 0.238 e. The van der Waals surface area contributed by atoms with Crippen molar-refractivity contribution in [1.82, 2.24) is 0 Å². The average Bonchev–Trinajstić information content (AvgIpc) is 2.43. The molecule has 1 saturated carbocycles. The number of nitrogens with one attached hydrogen (secondary N) is 1. The quantitative estimate of drug-likeness (QED) is 0.790. The second-order valence-electron chi connectivity index (χ2n) is 4.78. The lowest BCUT2D eigenvalue weighted by Crippen LogP contribution is -2.34. The van der Waals surface area contributed by atoms with Crippen LogP contribution in [0.4, 0.5) is 5.69 Å². The van der Waals surface area contributed by atoms with Gasteiger partial charge in [-0.15, -0.1) is 12.4 Å². The first kappa shape index (κ1) is 16.8. The second-order valence-corrected chi connectivity index (χ2v) is 4.78. The fourth-order valence-corrected chi connectivity index (χ4v) is 2.22. The monoisotopic (exact) mass is 300 g/mol. The van der Waals surface area contributed by atoms with Crippen LogP contribution < -0.4 is 15.8 Å². The van der Waals surface area contributed by atoms with Crippen LogP contribution in [-0.4, -0.2) is 29.8 Å². The molecule has 1 aliphatic rings. The normalized spacial score (nSPS) is 21.7. The van der Waals surface area contributed by atoms with Crippen LogP contribution in [0, 0.1) is 0 Å². The van der Waals surface area contributed by atoms with E-state index < -0.39 is 0 Å². The Morgan fingerprint density at radius 3 is 2.55 bits per heavy atom. The third kappa shape index (κ3) is 4.67. The highest BCUT2D eigenvalue weighted by Gasteiger charge is 2.24. The molecule has 1 aromatic carbocycles. The highest BCUT2D eigenvalue weighted by atomic mass is 35.5. The predicted octanol–water partition coefficient (Wildman–Crippen LogP) is 1.69. The van der Waals surface area contributed by atoms with Gasteiger partial charge in [0.25, 0.3) is 0 Å². The topological polar surface area (TPSA) is 84.6 Å². The molecule has 2 rings (SSSR count). The Kier molecular flexibility index (Phi) is 6.78. The summed E-state index contributed by atoms with van der Waals surface area (Å²) in [6, 6.07) is 7.09. The molecule has 0 bridgehead atoms. The largest absolute Gasteiger partial charge is 0.488 e. The first-order valence-corrected chi connectivity index (χ1v) is 6.64. The van der Waals surface area contributed by atoms with Crippen LogP contribution in [0.1, 0.15) is 25.7 Å². The predicted molar refractivity (Wildman–Crippen MR) is 80.3 cm³/mol. The van der Waals surface area contributed by atoms with E-state index in [0.29, 0.717) is 11.4 Å². The third-order valence-electron chi connectivity index (χ3n) is 3.28. The number of amides is 1. The van der Waals surface area contributed by atoms with Crippen LogP contribution >= 0.6 is 12.4 Å². The maximum absolute atomic E-state index is 11.1. The summed E-state index contributed by atoms with van der Waals surface area (Å²) < 4.78 is 5.77. The minimum atomic E-state index is -0.384. The minimum absolute atomic E-state index is 0. The van der Waals surface area contributed by atoms with Crippen LogP contribution in [0.2, 0.25) is 0 Å². The number of ether oxygens (including phenoxy) is 1. The highest BCUT2D eigenvalue weighted by molar-refractivity contribution is 5.92. The number of carbonyl (C=O) groups excluding carboxylic acids is 1. The maximum atomic E-state index is 11.1. The zero-order valence-electron chi connectivity index (χ0n) is 11.2. The third-order valence-corrected chi connectivity index (χ3v) is 3.28. The van der Waals surface area contributed by atoms with Crippen LogP contribution in [0.3, 0.4) is 0 Å². The van der Waals surface area contributed by atoms with E-state index in [1.165, 1.54) is 0 Å². The fraction of sp³-hybridized carbons (Fsp3) is 0.500. The zero-order valence-corrected chi connectivity index (χ0v) is 12.1. The number of carbonyl (C=O) groups is 1. The van der Waals surface area contributed by atoms with Gasteiger partial charge >= 0.3 is 0 Å². The number of aliphatic hydroxyl groups excluding tert-OH is 1. The molecular weight excluding hydrogens is 280 g/mol. The van der Waals surface area contributed by atoms with E-state index in [1.54, 1.807) is 24.3 Å². The summed E-state index contributed by atoms with van der Waals surface area (Å²) in [6.45, 7) is -0.0352. The van der Waals surface area contributed by atoms with E-state index >= 15 is 0 Å². The SMILES string of the molecule is Cl.NCC(=O)Nc1ccc(OC2CCCCC2O)cc1. The van der Waals surface area contributed by atoms with Crippen molar-refractivity contribution in [3.63, 3.8) is 0 Å². The molecule has 20 heavy (non-hydrogen) atoms. The number of halogens is 1. The van der Waals surface area contributed by atoms with Crippen molar-refractivity contribution < 1.29 is 14.6 Å². The Hall–Kier alpha value is -1.30. The molecule has 112 valence electrons. The van der Waals surface area contributed by atoms with Gasteiger partial charge < -0.3 is 20.9 Å². The average molecular weight is 301 g/mol. The van der Waals surface area contributed by atoms with Crippen molar-refractivity contribution in [3.05, 3.63) is 24.3 Å². The Morgan fingerprint density at radius 1 is 1.30 bits per heavy atom. The Bertz CT molecular complexity index is 425. The number of hydrogen-bond donors (Lipinski definition) is 3. The number of nitrogens with two attached hydrogens (primary N) is 1. The van der Waals surface area contributed by atoms with Crippen molar-refractivity contribution in [2.45, 2.75) is 37.9 Å². The lowest BCUT2D eigenvalue weighted by molar-refractivity contribution is -0.114. The van der Waals surface area contributed by atoms with Crippen molar-refractivity contribution in [1.29, 1.82) is 0 Å². The van der Waals surface area contributed by atoms with Gasteiger partial charge in [-0.25, -0.2) is 0 Å². The van der Waals surface area contributed by atoms with Crippen LogP contribution in [0.25, 0.3) is 0 Å². The van der Waals surface area contributed by atoms with Gasteiger partial charge in [0.15, 0.2) is 0 Å². The number of hydrogen-bond acceptors (Lipinski definition) is 4. The Balaban J connectivity index is 0.00000200. The first-order chi connectivity index (χ1) is 9.19. The van der Waals surface area contributed by atoms with Gasteiger partial charge in [0, 0.05) is 5.69 Å². The molecule has 1 aliphatic carbocycles. The van der Waals surface area contributed by atoms with E-state index in [4.69, 9.17) is 10.5 Å². The molecule has 1 fully saturated rings. The number of anilines is 1. The molecule has 5 nitrogen and oxygen atoms in total. The molecule has 1 amide bonds. The molecule has 2 atom stereocenters. The summed E-state index contributed by atoms with van der Waals surface area (Å²) in [6.07, 6.45) is 3.32. The summed E-state index contributed by atoms with van der Waals surface area (Å²) in [5.74, 6) is 0.480. The van der Waals surface area contributed by atoms with Gasteiger partial charge in [-0.05, 0) is 43.5 Å². The second kappa shape index (κ2) is 8.09. The summed E-state index contributed by atoms with van der Waals surface area (Å²) in [7, 11) is 0. The molecule has 1 aromatic rings.